The van der Waals surface area contributed by atoms with Crippen LogP contribution in [0.3, 0.4) is 0 Å². The number of hydrogen-bond acceptors (Lipinski definition) is 3. The third-order valence-corrected chi connectivity index (χ3v) is 5.43. The van der Waals surface area contributed by atoms with Crippen molar-refractivity contribution in [3.8, 4) is 0 Å². The van der Waals surface area contributed by atoms with Crippen molar-refractivity contribution in [1.29, 1.82) is 0 Å². The van der Waals surface area contributed by atoms with Crippen molar-refractivity contribution in [2.24, 2.45) is 0 Å². The third-order valence-electron chi connectivity index (χ3n) is 3.53. The van der Waals surface area contributed by atoms with Crippen LogP contribution in [0.1, 0.15) is 23.0 Å². The van der Waals surface area contributed by atoms with E-state index in [0.29, 0.717) is 43.6 Å². The maximum Gasteiger partial charge on any atom is 0.278 e. The first-order chi connectivity index (χ1) is 12.4. The number of nitrogens with one attached hydrogen (secondary N) is 1. The first-order valence-electron chi connectivity index (χ1n) is 7.58. The molecule has 136 valence electrons. The minimum absolute atomic E-state index is 0.304. The van der Waals surface area contributed by atoms with Gasteiger partial charge in [0.2, 0.25) is 0 Å². The first-order valence-corrected chi connectivity index (χ1v) is 9.92. The van der Waals surface area contributed by atoms with Gasteiger partial charge in [0.1, 0.15) is 0 Å². The zero-order valence-electron chi connectivity index (χ0n) is 13.5. The van der Waals surface area contributed by atoms with Crippen molar-refractivity contribution >= 4 is 66.8 Å². The Balaban J connectivity index is 1.76. The molecular formula is C16H13Br2Cl2N5O. The van der Waals surface area contributed by atoms with Gasteiger partial charge in [-0.1, -0.05) is 29.3 Å². The van der Waals surface area contributed by atoms with Crippen LogP contribution < -0.4 is 5.32 Å². The van der Waals surface area contributed by atoms with Gasteiger partial charge in [-0.2, -0.15) is 10.2 Å². The lowest BCUT2D eigenvalue weighted by atomic mass is 10.2. The summed E-state index contributed by atoms with van der Waals surface area (Å²) in [6, 6.07) is 5.39. The van der Waals surface area contributed by atoms with Crippen molar-refractivity contribution in [3.63, 3.8) is 0 Å². The van der Waals surface area contributed by atoms with Crippen molar-refractivity contribution in [3.05, 3.63) is 60.8 Å². The monoisotopic (exact) mass is 519 g/mol. The maximum absolute atomic E-state index is 12.4. The molecule has 0 saturated heterocycles. The quantitative estimate of drug-likeness (QED) is 0.500. The van der Waals surface area contributed by atoms with Crippen LogP contribution in [0.15, 0.2) is 39.5 Å². The fraction of sp³-hybridized carbons (Fsp3) is 0.188. The highest BCUT2D eigenvalue weighted by Gasteiger charge is 2.18. The molecule has 1 amide bonds. The number of amides is 1. The van der Waals surface area contributed by atoms with E-state index in [-0.39, 0.29) is 5.91 Å². The molecule has 0 aliphatic carbocycles. The number of rotatable bonds is 5. The van der Waals surface area contributed by atoms with Gasteiger partial charge in [-0.3, -0.25) is 14.2 Å². The topological polar surface area (TPSA) is 64.7 Å². The fourth-order valence-corrected chi connectivity index (χ4v) is 3.50. The van der Waals surface area contributed by atoms with E-state index in [1.54, 1.807) is 33.9 Å². The molecule has 0 atom stereocenters. The molecule has 1 N–H and O–H groups in total. The number of anilines is 1. The summed E-state index contributed by atoms with van der Waals surface area (Å²) in [4.78, 5) is 12.4. The van der Waals surface area contributed by atoms with Gasteiger partial charge < -0.3 is 5.32 Å². The number of aryl methyl sites for hydroxylation is 1. The number of hydrogen-bond donors (Lipinski definition) is 1. The van der Waals surface area contributed by atoms with Crippen LogP contribution in [-0.4, -0.2) is 25.5 Å². The van der Waals surface area contributed by atoms with Crippen LogP contribution in [-0.2, 0) is 13.1 Å². The van der Waals surface area contributed by atoms with Gasteiger partial charge in [0.25, 0.3) is 5.91 Å². The standard InChI is InChI=1S/C16H13Br2Cl2N5O/c1-2-24-7-10(17)14(22-24)16(26)21-15-11(18)8-25(23-15)6-9-3-4-12(19)13(20)5-9/h3-5,7-8H,2,6H2,1H3,(H,21,23,26). The number of carbonyl (C=O) groups is 1. The fourth-order valence-electron chi connectivity index (χ4n) is 2.27. The zero-order valence-corrected chi connectivity index (χ0v) is 18.2. The van der Waals surface area contributed by atoms with Crippen molar-refractivity contribution in [2.45, 2.75) is 20.0 Å². The molecule has 0 unspecified atom stereocenters. The summed E-state index contributed by atoms with van der Waals surface area (Å²) < 4.78 is 4.66. The van der Waals surface area contributed by atoms with Gasteiger partial charge >= 0.3 is 0 Å². The summed E-state index contributed by atoms with van der Waals surface area (Å²) in [6.45, 7) is 3.11. The summed E-state index contributed by atoms with van der Waals surface area (Å²) in [5.74, 6) is 0.0672. The number of halogens is 4. The summed E-state index contributed by atoms with van der Waals surface area (Å²) in [5.41, 5.74) is 1.24. The smallest absolute Gasteiger partial charge is 0.278 e. The first kappa shape index (κ1) is 19.4. The lowest BCUT2D eigenvalue weighted by Crippen LogP contribution is -2.15. The SMILES string of the molecule is CCn1cc(Br)c(C(=O)Nc2nn(Cc3ccc(Cl)c(Cl)c3)cc2Br)n1. The Hall–Kier alpha value is -1.35. The number of nitrogens with zero attached hydrogens (tertiary/aromatic N) is 4. The van der Waals surface area contributed by atoms with Crippen molar-refractivity contribution in [2.75, 3.05) is 5.32 Å². The van der Waals surface area contributed by atoms with Crippen LogP contribution in [0.5, 0.6) is 0 Å². The van der Waals surface area contributed by atoms with E-state index in [4.69, 9.17) is 23.2 Å². The Morgan fingerprint density at radius 2 is 1.85 bits per heavy atom. The van der Waals surface area contributed by atoms with E-state index in [9.17, 15) is 4.79 Å². The molecule has 0 aliphatic rings. The Labute approximate surface area is 176 Å². The van der Waals surface area contributed by atoms with E-state index in [1.165, 1.54) is 0 Å². The molecule has 0 fully saturated rings. The highest BCUT2D eigenvalue weighted by Crippen LogP contribution is 2.25. The summed E-state index contributed by atoms with van der Waals surface area (Å²) in [7, 11) is 0. The van der Waals surface area contributed by atoms with E-state index in [0.717, 1.165) is 5.56 Å². The molecule has 10 heteroatoms. The van der Waals surface area contributed by atoms with Gasteiger partial charge in [0.15, 0.2) is 11.5 Å². The van der Waals surface area contributed by atoms with E-state index in [1.807, 2.05) is 13.0 Å². The minimum atomic E-state index is -0.343. The molecule has 0 saturated carbocycles. The molecule has 2 aromatic heterocycles. The van der Waals surface area contributed by atoms with Gasteiger partial charge in [-0.15, -0.1) is 0 Å². The Morgan fingerprint density at radius 3 is 2.50 bits per heavy atom. The number of aromatic nitrogens is 4. The van der Waals surface area contributed by atoms with Crippen molar-refractivity contribution in [1.82, 2.24) is 19.6 Å². The Bertz CT molecular complexity index is 970. The van der Waals surface area contributed by atoms with Crippen LogP contribution in [0.25, 0.3) is 0 Å². The predicted octanol–water partition coefficient (Wildman–Crippen LogP) is 5.23. The minimum Gasteiger partial charge on any atom is -0.303 e. The van der Waals surface area contributed by atoms with Crippen LogP contribution in [0.4, 0.5) is 5.82 Å². The highest BCUT2D eigenvalue weighted by atomic mass is 79.9. The Kier molecular flexibility index (Phi) is 6.06. The zero-order chi connectivity index (χ0) is 18.8. The normalized spacial score (nSPS) is 11.0. The average molecular weight is 522 g/mol. The molecule has 3 rings (SSSR count). The predicted molar refractivity (Wildman–Crippen MR) is 109 cm³/mol. The molecule has 0 spiro atoms. The van der Waals surface area contributed by atoms with Crippen LogP contribution in [0.2, 0.25) is 10.0 Å². The second-order valence-corrected chi connectivity index (χ2v) is 7.93. The largest absolute Gasteiger partial charge is 0.303 e. The molecule has 1 aromatic carbocycles. The molecule has 26 heavy (non-hydrogen) atoms. The van der Waals surface area contributed by atoms with Crippen molar-refractivity contribution < 1.29 is 4.79 Å². The number of carbonyl (C=O) groups excluding carboxylic acids is 1. The van der Waals surface area contributed by atoms with E-state index in [2.05, 4.69) is 47.4 Å². The molecule has 0 radical (unpaired) electrons. The maximum atomic E-state index is 12.4. The lowest BCUT2D eigenvalue weighted by Gasteiger charge is -2.04. The van der Waals surface area contributed by atoms with E-state index < -0.39 is 0 Å². The second-order valence-electron chi connectivity index (χ2n) is 5.41. The number of benzene rings is 1. The van der Waals surface area contributed by atoms with E-state index >= 15 is 0 Å². The van der Waals surface area contributed by atoms with Gasteiger partial charge in [-0.05, 0) is 56.5 Å². The lowest BCUT2D eigenvalue weighted by molar-refractivity contribution is 0.102. The summed E-state index contributed by atoms with van der Waals surface area (Å²) in [5, 5.41) is 12.4. The molecule has 0 aliphatic heterocycles. The molecule has 2 heterocycles. The Morgan fingerprint density at radius 1 is 1.12 bits per heavy atom. The van der Waals surface area contributed by atoms with Gasteiger partial charge in [-0.25, -0.2) is 0 Å². The van der Waals surface area contributed by atoms with Gasteiger partial charge in [0.05, 0.1) is 25.5 Å². The second kappa shape index (κ2) is 8.12. The molecular weight excluding hydrogens is 509 g/mol. The average Bonchev–Trinajstić information content (AvgIpc) is 3.13. The summed E-state index contributed by atoms with van der Waals surface area (Å²) >= 11 is 18.7. The van der Waals surface area contributed by atoms with Crippen LogP contribution in [0, 0.1) is 0 Å². The van der Waals surface area contributed by atoms with Gasteiger partial charge in [0, 0.05) is 18.9 Å². The molecule has 6 nitrogen and oxygen atoms in total. The highest BCUT2D eigenvalue weighted by molar-refractivity contribution is 9.11. The molecule has 0 bridgehead atoms. The molecule has 3 aromatic rings. The summed E-state index contributed by atoms with van der Waals surface area (Å²) in [6.07, 6.45) is 3.53. The third kappa shape index (κ3) is 4.31. The van der Waals surface area contributed by atoms with Crippen LogP contribution >= 0.6 is 55.1 Å².